The van der Waals surface area contributed by atoms with E-state index in [4.69, 9.17) is 10.5 Å². The van der Waals surface area contributed by atoms with Crippen molar-refractivity contribution >= 4 is 28.5 Å². The Balaban J connectivity index is 1.62. The van der Waals surface area contributed by atoms with E-state index in [1.54, 1.807) is 10.9 Å². The number of fused-ring (bicyclic) bond motifs is 1. The molecule has 1 saturated heterocycles. The van der Waals surface area contributed by atoms with E-state index in [0.29, 0.717) is 18.3 Å². The minimum absolute atomic E-state index is 0.450. The highest BCUT2D eigenvalue weighted by atomic mass is 16.5. The Bertz CT molecular complexity index is 917. The highest BCUT2D eigenvalue weighted by Gasteiger charge is 2.17. The molecule has 1 fully saturated rings. The van der Waals surface area contributed by atoms with E-state index in [9.17, 15) is 0 Å². The second-order valence-corrected chi connectivity index (χ2v) is 6.50. The molecule has 8 heteroatoms. The summed E-state index contributed by atoms with van der Waals surface area (Å²) in [5.74, 6) is 1.04. The van der Waals surface area contributed by atoms with Gasteiger partial charge in [-0.2, -0.15) is 15.1 Å². The molecule has 3 aromatic rings. The molecule has 0 radical (unpaired) electrons. The van der Waals surface area contributed by atoms with E-state index in [1.165, 1.54) is 11.3 Å². The Labute approximate surface area is 152 Å². The molecule has 26 heavy (non-hydrogen) atoms. The Morgan fingerprint density at radius 2 is 1.96 bits per heavy atom. The average molecular weight is 353 g/mol. The molecule has 136 valence electrons. The zero-order chi connectivity index (χ0) is 18.1. The van der Waals surface area contributed by atoms with E-state index < -0.39 is 0 Å². The molecule has 0 unspecified atom stereocenters. The van der Waals surface area contributed by atoms with Gasteiger partial charge in [0, 0.05) is 39.4 Å². The van der Waals surface area contributed by atoms with E-state index in [0.717, 1.165) is 37.3 Å². The Morgan fingerprint density at radius 3 is 2.77 bits per heavy atom. The third kappa shape index (κ3) is 3.03. The summed E-state index contributed by atoms with van der Waals surface area (Å²) in [5.41, 5.74) is 9.29. The van der Waals surface area contributed by atoms with Crippen LogP contribution in [0.3, 0.4) is 0 Å². The van der Waals surface area contributed by atoms with E-state index in [-0.39, 0.29) is 0 Å². The molecule has 1 aliphatic rings. The van der Waals surface area contributed by atoms with Gasteiger partial charge in [-0.1, -0.05) is 18.2 Å². The van der Waals surface area contributed by atoms with Gasteiger partial charge in [0.15, 0.2) is 5.65 Å². The van der Waals surface area contributed by atoms with Crippen LogP contribution < -0.4 is 15.5 Å². The molecular weight excluding hydrogens is 330 g/mol. The molecule has 4 rings (SSSR count). The van der Waals surface area contributed by atoms with Crippen molar-refractivity contribution < 1.29 is 4.74 Å². The van der Waals surface area contributed by atoms with Crippen LogP contribution in [0.2, 0.25) is 0 Å². The lowest BCUT2D eigenvalue weighted by Gasteiger charge is -2.31. The van der Waals surface area contributed by atoms with Gasteiger partial charge in [0.05, 0.1) is 24.8 Å². The normalized spacial score (nSPS) is 14.8. The maximum atomic E-state index is 6.10. The minimum atomic E-state index is 0.450. The van der Waals surface area contributed by atoms with Crippen molar-refractivity contribution in [2.75, 3.05) is 48.9 Å². The first kappa shape index (κ1) is 16.6. The average Bonchev–Trinajstić information content (AvgIpc) is 3.04. The van der Waals surface area contributed by atoms with Crippen LogP contribution in [0.4, 0.5) is 17.5 Å². The van der Waals surface area contributed by atoms with Crippen LogP contribution in [0.5, 0.6) is 0 Å². The summed E-state index contributed by atoms with van der Waals surface area (Å²) in [6.07, 6.45) is 1.70. The molecule has 0 saturated carbocycles. The Hall–Kier alpha value is -2.87. The van der Waals surface area contributed by atoms with Crippen molar-refractivity contribution in [2.45, 2.75) is 6.54 Å². The largest absolute Gasteiger partial charge is 0.383 e. The van der Waals surface area contributed by atoms with Gasteiger partial charge in [-0.25, -0.2) is 0 Å². The van der Waals surface area contributed by atoms with Gasteiger partial charge in [-0.15, -0.1) is 0 Å². The monoisotopic (exact) mass is 353 g/mol. The van der Waals surface area contributed by atoms with Crippen molar-refractivity contribution in [2.24, 2.45) is 7.05 Å². The van der Waals surface area contributed by atoms with Crippen molar-refractivity contribution in [1.29, 1.82) is 0 Å². The number of nitrogen functional groups attached to an aromatic ring is 1. The van der Waals surface area contributed by atoms with Crippen LogP contribution in [-0.4, -0.2) is 53.1 Å². The topological polar surface area (TPSA) is 85.3 Å². The first-order valence-electron chi connectivity index (χ1n) is 8.70. The number of benzene rings is 1. The number of nitrogens with two attached hydrogens (primary N) is 1. The second kappa shape index (κ2) is 6.80. The SMILES string of the molecule is CN(Cc1ccccc1N1CCOCC1)c1nc(N)c2cnn(C)c2n1. The highest BCUT2D eigenvalue weighted by Crippen LogP contribution is 2.25. The van der Waals surface area contributed by atoms with Gasteiger partial charge in [-0.3, -0.25) is 4.68 Å². The van der Waals surface area contributed by atoms with E-state index in [1.807, 2.05) is 19.0 Å². The fourth-order valence-corrected chi connectivity index (χ4v) is 3.29. The molecule has 0 bridgehead atoms. The van der Waals surface area contributed by atoms with Crippen molar-refractivity contribution in [3.05, 3.63) is 36.0 Å². The first-order valence-corrected chi connectivity index (χ1v) is 8.70. The summed E-state index contributed by atoms with van der Waals surface area (Å²) in [6.45, 7) is 4.04. The zero-order valence-electron chi connectivity index (χ0n) is 15.1. The lowest BCUT2D eigenvalue weighted by molar-refractivity contribution is 0.122. The lowest BCUT2D eigenvalue weighted by Crippen LogP contribution is -2.37. The third-order valence-electron chi connectivity index (χ3n) is 4.70. The predicted octanol–water partition coefficient (Wildman–Crippen LogP) is 1.42. The smallest absolute Gasteiger partial charge is 0.229 e. The van der Waals surface area contributed by atoms with E-state index in [2.05, 4.69) is 44.2 Å². The van der Waals surface area contributed by atoms with Crippen LogP contribution in [0.1, 0.15) is 5.56 Å². The molecule has 2 aromatic heterocycles. The van der Waals surface area contributed by atoms with Gasteiger partial charge < -0.3 is 20.3 Å². The number of hydrogen-bond acceptors (Lipinski definition) is 7. The number of morpholine rings is 1. The molecule has 1 aromatic carbocycles. The zero-order valence-corrected chi connectivity index (χ0v) is 15.1. The summed E-state index contributed by atoms with van der Waals surface area (Å²) in [5, 5.41) is 4.99. The summed E-state index contributed by atoms with van der Waals surface area (Å²) < 4.78 is 7.19. The summed E-state index contributed by atoms with van der Waals surface area (Å²) in [4.78, 5) is 13.5. The Morgan fingerprint density at radius 1 is 1.19 bits per heavy atom. The highest BCUT2D eigenvalue weighted by molar-refractivity contribution is 5.86. The molecule has 0 spiro atoms. The van der Waals surface area contributed by atoms with Crippen molar-refractivity contribution in [3.8, 4) is 0 Å². The van der Waals surface area contributed by atoms with Crippen LogP contribution in [0.25, 0.3) is 11.0 Å². The summed E-state index contributed by atoms with van der Waals surface area (Å²) in [6, 6.07) is 8.44. The quantitative estimate of drug-likeness (QED) is 0.759. The van der Waals surface area contributed by atoms with Crippen molar-refractivity contribution in [1.82, 2.24) is 19.7 Å². The molecule has 3 heterocycles. The number of anilines is 3. The number of para-hydroxylation sites is 1. The lowest BCUT2D eigenvalue weighted by atomic mass is 10.1. The molecule has 0 amide bonds. The first-order chi connectivity index (χ1) is 12.6. The van der Waals surface area contributed by atoms with Gasteiger partial charge in [0.25, 0.3) is 0 Å². The maximum Gasteiger partial charge on any atom is 0.229 e. The van der Waals surface area contributed by atoms with Crippen LogP contribution in [-0.2, 0) is 18.3 Å². The molecule has 8 nitrogen and oxygen atoms in total. The minimum Gasteiger partial charge on any atom is -0.383 e. The maximum absolute atomic E-state index is 6.10. The van der Waals surface area contributed by atoms with Crippen LogP contribution >= 0.6 is 0 Å². The fourth-order valence-electron chi connectivity index (χ4n) is 3.29. The Kier molecular flexibility index (Phi) is 4.34. The molecule has 2 N–H and O–H groups in total. The summed E-state index contributed by atoms with van der Waals surface area (Å²) in [7, 11) is 3.83. The van der Waals surface area contributed by atoms with E-state index >= 15 is 0 Å². The molecule has 0 aliphatic carbocycles. The van der Waals surface area contributed by atoms with Gasteiger partial charge >= 0.3 is 0 Å². The van der Waals surface area contributed by atoms with Crippen LogP contribution in [0, 0.1) is 0 Å². The second-order valence-electron chi connectivity index (χ2n) is 6.50. The molecule has 0 atom stereocenters. The number of hydrogen-bond donors (Lipinski definition) is 1. The number of aryl methyl sites for hydroxylation is 1. The predicted molar refractivity (Wildman–Crippen MR) is 102 cm³/mol. The van der Waals surface area contributed by atoms with Crippen LogP contribution in [0.15, 0.2) is 30.5 Å². The number of nitrogens with zero attached hydrogens (tertiary/aromatic N) is 6. The number of aromatic nitrogens is 4. The summed E-state index contributed by atoms with van der Waals surface area (Å²) >= 11 is 0. The standard InChI is InChI=1S/C18H23N7O/c1-23(18-21-16(19)14-11-20-24(2)17(14)22-18)12-13-5-3-4-6-15(13)25-7-9-26-10-8-25/h3-6,11H,7-10,12H2,1-2H3,(H2,19,21,22). The number of ether oxygens (including phenoxy) is 1. The van der Waals surface area contributed by atoms with Gasteiger partial charge in [-0.05, 0) is 11.6 Å². The van der Waals surface area contributed by atoms with Gasteiger partial charge in [0.1, 0.15) is 5.82 Å². The fraction of sp³-hybridized carbons (Fsp3) is 0.389. The molecular formula is C18H23N7O. The van der Waals surface area contributed by atoms with Crippen molar-refractivity contribution in [3.63, 3.8) is 0 Å². The number of rotatable bonds is 4. The third-order valence-corrected chi connectivity index (χ3v) is 4.70. The molecule has 1 aliphatic heterocycles. The van der Waals surface area contributed by atoms with Gasteiger partial charge in [0.2, 0.25) is 5.95 Å².